The highest BCUT2D eigenvalue weighted by atomic mass is 32.1. The zero-order chi connectivity index (χ0) is 60.9. The van der Waals surface area contributed by atoms with Crippen LogP contribution in [0.25, 0.3) is 20.2 Å². The van der Waals surface area contributed by atoms with E-state index in [-0.39, 0.29) is 55.6 Å². The van der Waals surface area contributed by atoms with Gasteiger partial charge in [-0.1, -0.05) is 202 Å². The third-order valence-electron chi connectivity index (χ3n) is 24.7. The highest BCUT2D eigenvalue weighted by Gasteiger charge is 2.59. The van der Waals surface area contributed by atoms with E-state index in [2.05, 4.69) is 272 Å². The van der Waals surface area contributed by atoms with Crippen molar-refractivity contribution in [2.45, 2.75) is 218 Å². The van der Waals surface area contributed by atoms with Crippen LogP contribution in [0.5, 0.6) is 0 Å². The molecule has 5 heteroatoms. The zero-order valence-corrected chi connectivity index (χ0v) is 56.1. The van der Waals surface area contributed by atoms with Crippen LogP contribution < -0.4 is 31.1 Å². The van der Waals surface area contributed by atoms with Gasteiger partial charge >= 0.3 is 0 Å². The fourth-order valence-corrected chi connectivity index (χ4v) is 20.0. The van der Waals surface area contributed by atoms with E-state index in [4.69, 9.17) is 0 Å². The highest BCUT2D eigenvalue weighted by Crippen LogP contribution is 2.63. The summed E-state index contributed by atoms with van der Waals surface area (Å²) in [4.78, 5) is 8.48. The molecule has 4 aliphatic carbocycles. The summed E-state index contributed by atoms with van der Waals surface area (Å²) in [5.41, 5.74) is 28.8. The second kappa shape index (κ2) is 17.6. The number of hydrogen-bond donors (Lipinski definition) is 0. The first kappa shape index (κ1) is 55.7. The monoisotopic (exact) mass is 1160 g/mol. The van der Waals surface area contributed by atoms with Gasteiger partial charge in [0.05, 0.1) is 5.54 Å². The molecule has 2 unspecified atom stereocenters. The van der Waals surface area contributed by atoms with E-state index < -0.39 is 0 Å². The lowest BCUT2D eigenvalue weighted by Crippen LogP contribution is -2.62. The number of rotatable bonds is 3. The molecule has 87 heavy (non-hydrogen) atoms. The zero-order valence-electron chi connectivity index (χ0n) is 55.3. The average Bonchev–Trinajstić information content (AvgIpc) is 1.56. The minimum Gasteiger partial charge on any atom is -0.334 e. The summed E-state index contributed by atoms with van der Waals surface area (Å²) in [5.74, 6) is 0. The predicted molar refractivity (Wildman–Crippen MR) is 376 cm³/mol. The Bertz CT molecular complexity index is 4480. The van der Waals surface area contributed by atoms with Gasteiger partial charge in [-0.05, 0) is 205 Å². The molecule has 442 valence electrons. The van der Waals surface area contributed by atoms with Gasteiger partial charge in [0.15, 0.2) is 0 Å². The summed E-state index contributed by atoms with van der Waals surface area (Å²) in [6.07, 6.45) is 9.44. The Morgan fingerprint density at radius 3 is 1.52 bits per heavy atom. The molecule has 7 aliphatic rings. The number of fused-ring (bicyclic) bond motifs is 14. The van der Waals surface area contributed by atoms with Crippen molar-refractivity contribution in [3.8, 4) is 0 Å². The molecule has 0 saturated heterocycles. The molecular weight excluding hydrogens is 1070 g/mol. The fourth-order valence-electron chi connectivity index (χ4n) is 18.8. The van der Waals surface area contributed by atoms with Gasteiger partial charge < -0.3 is 14.7 Å². The largest absolute Gasteiger partial charge is 0.334 e. The minimum absolute atomic E-state index is 0.000485. The van der Waals surface area contributed by atoms with E-state index in [0.717, 1.165) is 25.7 Å². The van der Waals surface area contributed by atoms with Crippen LogP contribution in [0.3, 0.4) is 0 Å². The van der Waals surface area contributed by atoms with Gasteiger partial charge in [0.2, 0.25) is 0 Å². The van der Waals surface area contributed by atoms with Crippen molar-refractivity contribution in [2.24, 2.45) is 0 Å². The molecule has 1 fully saturated rings. The second-order valence-electron chi connectivity index (χ2n) is 33.4. The number of anilines is 8. The molecule has 8 aromatic carbocycles. The number of nitrogens with zero attached hydrogens (tertiary/aromatic N) is 3. The smallest absolute Gasteiger partial charge is 0.252 e. The Kier molecular flexibility index (Phi) is 11.3. The standard InChI is InChI=1S/C82H90BN3S/c1-74(2,3)49-28-33-66-63(40-49)81(16)34-22-23-35-82(81,17)86(66)52-42-69-73-70(43-52)85(51-29-31-54-53-24-18-21-27-71(53)87-72(54)44-51)68-48-62-61(79(12,13)56-25-19-20-26-57(56)80(62,14)15)46-65(68)83(73)64-45-59-60(78(10,11)39-38-77(59,8)9)47-67(64)84(69)50-30-32-55-58(41-50)76(6,7)37-36-75(55,4)5/h18-21,24-33,40-48H,22-23,34-39H2,1-17H3. The summed E-state index contributed by atoms with van der Waals surface area (Å²) in [5, 5.41) is 2.67. The molecule has 3 aliphatic heterocycles. The predicted octanol–water partition coefficient (Wildman–Crippen LogP) is 20.8. The summed E-state index contributed by atoms with van der Waals surface area (Å²) in [6.45, 7) is 42.5. The SMILES string of the molecule is CC(C)(C)c1ccc2c(c1)C1(C)CCCCC1(C)N2c1cc2c3c(c1)N(c1ccc4c(c1)sc1ccccc14)c1cc4c(cc1B3c1cc3c(cc1N2c1ccc2c(c1)C(C)(C)CCC2(C)C)C(C)(C)CCC3(C)C)C(C)(C)c1ccccc1C4(C)C. The van der Waals surface area contributed by atoms with Crippen molar-refractivity contribution < 1.29 is 0 Å². The second-order valence-corrected chi connectivity index (χ2v) is 34.5. The van der Waals surface area contributed by atoms with Crippen molar-refractivity contribution >= 4 is 100 Å². The first-order valence-electron chi connectivity index (χ1n) is 33.2. The lowest BCUT2D eigenvalue weighted by atomic mass is 9.32. The van der Waals surface area contributed by atoms with E-state index in [1.807, 2.05) is 11.3 Å². The van der Waals surface area contributed by atoms with Crippen LogP contribution in [-0.2, 0) is 43.3 Å². The van der Waals surface area contributed by atoms with E-state index in [1.165, 1.54) is 163 Å². The van der Waals surface area contributed by atoms with Gasteiger partial charge in [-0.2, -0.15) is 0 Å². The number of benzene rings is 8. The Morgan fingerprint density at radius 2 is 0.885 bits per heavy atom. The lowest BCUT2D eigenvalue weighted by molar-refractivity contribution is 0.195. The van der Waals surface area contributed by atoms with Crippen LogP contribution in [-0.4, -0.2) is 12.3 Å². The maximum Gasteiger partial charge on any atom is 0.252 e. The maximum atomic E-state index is 2.89. The van der Waals surface area contributed by atoms with Crippen molar-refractivity contribution in [1.82, 2.24) is 0 Å². The molecule has 1 aromatic heterocycles. The molecule has 9 aromatic rings. The number of hydrogen-bond acceptors (Lipinski definition) is 4. The van der Waals surface area contributed by atoms with Crippen LogP contribution in [0.15, 0.2) is 140 Å². The van der Waals surface area contributed by atoms with Gasteiger partial charge in [-0.15, -0.1) is 11.3 Å². The van der Waals surface area contributed by atoms with Crippen molar-refractivity contribution in [3.05, 3.63) is 195 Å². The van der Waals surface area contributed by atoms with Crippen LogP contribution >= 0.6 is 11.3 Å². The van der Waals surface area contributed by atoms with E-state index in [9.17, 15) is 0 Å². The Balaban J connectivity index is 1.07. The third-order valence-corrected chi connectivity index (χ3v) is 25.9. The highest BCUT2D eigenvalue weighted by molar-refractivity contribution is 7.25. The lowest BCUT2D eigenvalue weighted by Gasteiger charge is -2.52. The van der Waals surface area contributed by atoms with Crippen molar-refractivity contribution in [2.75, 3.05) is 14.7 Å². The van der Waals surface area contributed by atoms with Crippen molar-refractivity contribution in [3.63, 3.8) is 0 Å². The summed E-state index contributed by atoms with van der Waals surface area (Å²) < 4.78 is 2.66. The number of thiophene rings is 1. The molecule has 0 N–H and O–H groups in total. The van der Waals surface area contributed by atoms with Crippen LogP contribution in [0, 0.1) is 0 Å². The van der Waals surface area contributed by atoms with Gasteiger partial charge in [0.25, 0.3) is 6.71 Å². The van der Waals surface area contributed by atoms with Gasteiger partial charge in [0.1, 0.15) is 0 Å². The van der Waals surface area contributed by atoms with Crippen LogP contribution in [0.2, 0.25) is 0 Å². The molecule has 0 amide bonds. The van der Waals surface area contributed by atoms with E-state index >= 15 is 0 Å². The topological polar surface area (TPSA) is 9.72 Å². The molecule has 0 spiro atoms. The Labute approximate surface area is 524 Å². The molecular formula is C82H90BN3S. The van der Waals surface area contributed by atoms with Gasteiger partial charge in [-0.25, -0.2) is 0 Å². The Hall–Kier alpha value is -6.56. The first-order chi connectivity index (χ1) is 41.0. The Morgan fingerprint density at radius 1 is 0.379 bits per heavy atom. The quantitative estimate of drug-likeness (QED) is 0.163. The first-order valence-corrected chi connectivity index (χ1v) is 34.1. The summed E-state index contributed by atoms with van der Waals surface area (Å²) in [6, 6.07) is 57.6. The maximum absolute atomic E-state index is 2.89. The molecule has 16 rings (SSSR count). The fraction of sp³-hybridized carbons (Fsp3) is 0.415. The summed E-state index contributed by atoms with van der Waals surface area (Å²) >= 11 is 1.93. The van der Waals surface area contributed by atoms with Gasteiger partial charge in [-0.3, -0.25) is 0 Å². The molecule has 4 heterocycles. The molecule has 1 saturated carbocycles. The van der Waals surface area contributed by atoms with Crippen molar-refractivity contribution in [1.29, 1.82) is 0 Å². The molecule has 3 nitrogen and oxygen atoms in total. The molecule has 0 radical (unpaired) electrons. The normalized spacial score (nSPS) is 23.4. The van der Waals surface area contributed by atoms with E-state index in [1.54, 1.807) is 0 Å². The minimum atomic E-state index is -0.249. The van der Waals surface area contributed by atoms with E-state index in [0.29, 0.717) is 0 Å². The average molecular weight is 1160 g/mol. The van der Waals surface area contributed by atoms with Gasteiger partial charge in [0, 0.05) is 81.9 Å². The third kappa shape index (κ3) is 7.48. The van der Waals surface area contributed by atoms with Crippen LogP contribution in [0.4, 0.5) is 45.5 Å². The molecule has 0 bridgehead atoms. The molecule has 2 atom stereocenters. The van der Waals surface area contributed by atoms with Crippen LogP contribution in [0.1, 0.15) is 225 Å². The summed E-state index contributed by atoms with van der Waals surface area (Å²) in [7, 11) is 0.